The van der Waals surface area contributed by atoms with E-state index in [0.29, 0.717) is 30.2 Å². The second-order valence-corrected chi connectivity index (χ2v) is 5.98. The number of aryl methyl sites for hydroxylation is 2. The molecule has 3 aromatic heterocycles. The molecule has 1 aliphatic heterocycles. The first-order valence-corrected chi connectivity index (χ1v) is 8.09. The van der Waals surface area contributed by atoms with Crippen LogP contribution in [-0.2, 0) is 26.7 Å². The van der Waals surface area contributed by atoms with E-state index < -0.39 is 0 Å². The molecule has 4 heterocycles. The molecule has 0 fully saturated rings. The zero-order chi connectivity index (χ0) is 16.8. The summed E-state index contributed by atoms with van der Waals surface area (Å²) in [6.45, 7) is 4.28. The van der Waals surface area contributed by atoms with E-state index in [1.165, 1.54) is 9.13 Å². The van der Waals surface area contributed by atoms with Gasteiger partial charge in [-0.05, 0) is 25.5 Å². The minimum atomic E-state index is -0.331. The summed E-state index contributed by atoms with van der Waals surface area (Å²) < 4.78 is 10.1. The Labute approximate surface area is 137 Å². The second kappa shape index (κ2) is 5.40. The van der Waals surface area contributed by atoms with Crippen LogP contribution in [0.2, 0.25) is 0 Å². The molecule has 126 valence electrons. The molecule has 3 aromatic rings. The lowest BCUT2D eigenvalue weighted by Gasteiger charge is -2.28. The predicted molar refractivity (Wildman–Crippen MR) is 89.3 cm³/mol. The molecule has 0 saturated carbocycles. The average Bonchev–Trinajstić information content (AvgIpc) is 3.21. The highest BCUT2D eigenvalue weighted by atomic mass is 16.3. The lowest BCUT2D eigenvalue weighted by Crippen LogP contribution is -2.39. The summed E-state index contributed by atoms with van der Waals surface area (Å²) in [5.74, 6) is 1.56. The van der Waals surface area contributed by atoms with Gasteiger partial charge in [0.05, 0.1) is 12.8 Å². The monoisotopic (exact) mass is 329 g/mol. The minimum absolute atomic E-state index is 0.269. The van der Waals surface area contributed by atoms with Crippen molar-refractivity contribution in [1.82, 2.24) is 18.7 Å². The Bertz CT molecular complexity index is 1010. The van der Waals surface area contributed by atoms with Gasteiger partial charge in [-0.1, -0.05) is 0 Å². The topological polar surface area (TPSA) is 78.2 Å². The Balaban J connectivity index is 1.93. The molecule has 0 aromatic carbocycles. The van der Waals surface area contributed by atoms with Crippen LogP contribution < -0.4 is 16.1 Å². The molecule has 0 bridgehead atoms. The fourth-order valence-electron chi connectivity index (χ4n) is 3.35. The highest BCUT2D eigenvalue weighted by Crippen LogP contribution is 2.25. The molecular formula is C16H19N5O3. The maximum atomic E-state index is 12.7. The van der Waals surface area contributed by atoms with Crippen molar-refractivity contribution in [2.24, 2.45) is 7.05 Å². The van der Waals surface area contributed by atoms with Crippen LogP contribution >= 0.6 is 0 Å². The Morgan fingerprint density at radius 3 is 2.83 bits per heavy atom. The number of hydrogen-bond donors (Lipinski definition) is 0. The first-order chi connectivity index (χ1) is 11.6. The van der Waals surface area contributed by atoms with Crippen molar-refractivity contribution in [2.45, 2.75) is 33.0 Å². The van der Waals surface area contributed by atoms with Crippen molar-refractivity contribution >= 4 is 17.1 Å². The average molecular weight is 329 g/mol. The van der Waals surface area contributed by atoms with Gasteiger partial charge in [-0.2, -0.15) is 4.98 Å². The van der Waals surface area contributed by atoms with Crippen LogP contribution in [0.5, 0.6) is 0 Å². The molecule has 8 nitrogen and oxygen atoms in total. The SMILES string of the molecule is CCn1c(=O)c2c(nc3n2CCCN3Cc2ccco2)n(C)c1=O. The summed E-state index contributed by atoms with van der Waals surface area (Å²) in [5.41, 5.74) is 0.339. The van der Waals surface area contributed by atoms with Crippen molar-refractivity contribution in [2.75, 3.05) is 11.4 Å². The molecule has 0 N–H and O–H groups in total. The molecule has 0 spiro atoms. The van der Waals surface area contributed by atoms with E-state index in [2.05, 4.69) is 9.88 Å². The standard InChI is InChI=1S/C16H19N5O3/c1-3-20-14(22)12-13(18(2)16(20)23)17-15-19(7-5-8-21(12)15)10-11-6-4-9-24-11/h4,6,9H,3,5,7-8,10H2,1-2H3. The molecule has 0 unspecified atom stereocenters. The molecule has 0 aliphatic carbocycles. The molecule has 24 heavy (non-hydrogen) atoms. The minimum Gasteiger partial charge on any atom is -0.467 e. The summed E-state index contributed by atoms with van der Waals surface area (Å²) in [4.78, 5) is 31.8. The number of nitrogens with zero attached hydrogens (tertiary/aromatic N) is 5. The number of aromatic nitrogens is 4. The van der Waals surface area contributed by atoms with Gasteiger partial charge in [0.25, 0.3) is 5.56 Å². The molecule has 8 heteroatoms. The van der Waals surface area contributed by atoms with Gasteiger partial charge in [0.2, 0.25) is 5.95 Å². The van der Waals surface area contributed by atoms with Gasteiger partial charge in [0, 0.05) is 26.7 Å². The largest absolute Gasteiger partial charge is 0.467 e. The third-order valence-electron chi connectivity index (χ3n) is 4.55. The van der Waals surface area contributed by atoms with E-state index in [1.807, 2.05) is 16.7 Å². The maximum Gasteiger partial charge on any atom is 0.332 e. The van der Waals surface area contributed by atoms with Crippen molar-refractivity contribution in [3.63, 3.8) is 0 Å². The Morgan fingerprint density at radius 2 is 2.12 bits per heavy atom. The van der Waals surface area contributed by atoms with E-state index in [0.717, 1.165) is 25.3 Å². The van der Waals surface area contributed by atoms with Gasteiger partial charge >= 0.3 is 5.69 Å². The quantitative estimate of drug-likeness (QED) is 0.714. The molecule has 4 rings (SSSR count). The first-order valence-electron chi connectivity index (χ1n) is 8.09. The predicted octanol–water partition coefficient (Wildman–Crippen LogP) is 0.920. The van der Waals surface area contributed by atoms with Gasteiger partial charge < -0.3 is 13.9 Å². The van der Waals surface area contributed by atoms with Crippen LogP contribution in [0.15, 0.2) is 32.4 Å². The second-order valence-electron chi connectivity index (χ2n) is 5.98. The lowest BCUT2D eigenvalue weighted by atomic mass is 10.3. The van der Waals surface area contributed by atoms with Gasteiger partial charge in [-0.3, -0.25) is 13.9 Å². The van der Waals surface area contributed by atoms with Gasteiger partial charge in [-0.15, -0.1) is 0 Å². The molecule has 1 aliphatic rings. The lowest BCUT2D eigenvalue weighted by molar-refractivity contribution is 0.481. The Hall–Kier alpha value is -2.77. The van der Waals surface area contributed by atoms with Crippen LogP contribution in [-0.4, -0.2) is 25.2 Å². The number of imidazole rings is 1. The molecule has 0 amide bonds. The van der Waals surface area contributed by atoms with E-state index in [1.54, 1.807) is 20.2 Å². The number of furan rings is 1. The number of anilines is 1. The summed E-state index contributed by atoms with van der Waals surface area (Å²) in [6, 6.07) is 3.77. The Morgan fingerprint density at radius 1 is 1.29 bits per heavy atom. The van der Waals surface area contributed by atoms with Crippen LogP contribution in [0.3, 0.4) is 0 Å². The van der Waals surface area contributed by atoms with Crippen molar-refractivity contribution in [1.29, 1.82) is 0 Å². The first kappa shape index (κ1) is 14.8. The van der Waals surface area contributed by atoms with E-state index in [4.69, 9.17) is 4.42 Å². The van der Waals surface area contributed by atoms with Crippen LogP contribution in [0.25, 0.3) is 11.2 Å². The van der Waals surface area contributed by atoms with Crippen molar-refractivity contribution < 1.29 is 4.42 Å². The third kappa shape index (κ3) is 2.02. The van der Waals surface area contributed by atoms with Gasteiger partial charge in [0.1, 0.15) is 5.76 Å². The van der Waals surface area contributed by atoms with Crippen molar-refractivity contribution in [3.8, 4) is 0 Å². The fourth-order valence-corrected chi connectivity index (χ4v) is 3.35. The summed E-state index contributed by atoms with van der Waals surface area (Å²) >= 11 is 0. The molecule has 0 atom stereocenters. The highest BCUT2D eigenvalue weighted by molar-refractivity contribution is 5.74. The summed E-state index contributed by atoms with van der Waals surface area (Å²) in [7, 11) is 1.66. The van der Waals surface area contributed by atoms with Crippen LogP contribution in [0.4, 0.5) is 5.95 Å². The Kier molecular flexibility index (Phi) is 3.33. The van der Waals surface area contributed by atoms with Gasteiger partial charge in [0.15, 0.2) is 11.2 Å². The molecule has 0 radical (unpaired) electrons. The smallest absolute Gasteiger partial charge is 0.332 e. The van der Waals surface area contributed by atoms with Crippen LogP contribution in [0.1, 0.15) is 19.1 Å². The highest BCUT2D eigenvalue weighted by Gasteiger charge is 2.26. The number of hydrogen-bond acceptors (Lipinski definition) is 5. The summed E-state index contributed by atoms with van der Waals surface area (Å²) in [5, 5.41) is 0. The third-order valence-corrected chi connectivity index (χ3v) is 4.55. The van der Waals surface area contributed by atoms with E-state index in [-0.39, 0.29) is 11.2 Å². The number of rotatable bonds is 3. The number of fused-ring (bicyclic) bond motifs is 3. The maximum absolute atomic E-state index is 12.7. The fraction of sp³-hybridized carbons (Fsp3) is 0.438. The zero-order valence-electron chi connectivity index (χ0n) is 13.7. The van der Waals surface area contributed by atoms with Gasteiger partial charge in [-0.25, -0.2) is 4.79 Å². The van der Waals surface area contributed by atoms with E-state index >= 15 is 0 Å². The molecule has 0 saturated heterocycles. The van der Waals surface area contributed by atoms with Crippen molar-refractivity contribution in [3.05, 3.63) is 45.0 Å². The molecular weight excluding hydrogens is 310 g/mol. The normalized spacial score (nSPS) is 14.3. The van der Waals surface area contributed by atoms with E-state index in [9.17, 15) is 9.59 Å². The van der Waals surface area contributed by atoms with Crippen LogP contribution in [0, 0.1) is 0 Å². The zero-order valence-corrected chi connectivity index (χ0v) is 13.7. The summed E-state index contributed by atoms with van der Waals surface area (Å²) in [6.07, 6.45) is 2.56.